The number of hydrogen-bond acceptors (Lipinski definition) is 3. The SMILES string of the molecule is CCn1ncc(OC)c1C(N)c1cc(Cl)cc(Br)c1. The Hall–Kier alpha value is -1.04. The zero-order valence-corrected chi connectivity index (χ0v) is 13.1. The van der Waals surface area contributed by atoms with E-state index in [1.807, 2.05) is 29.8 Å². The van der Waals surface area contributed by atoms with Crippen LogP contribution in [0.3, 0.4) is 0 Å². The predicted molar refractivity (Wildman–Crippen MR) is 79.6 cm³/mol. The molecule has 0 aliphatic rings. The number of hydrogen-bond donors (Lipinski definition) is 1. The maximum absolute atomic E-state index is 6.33. The van der Waals surface area contributed by atoms with Crippen molar-refractivity contribution in [1.82, 2.24) is 9.78 Å². The van der Waals surface area contributed by atoms with E-state index in [1.165, 1.54) is 0 Å². The van der Waals surface area contributed by atoms with Gasteiger partial charge >= 0.3 is 0 Å². The summed E-state index contributed by atoms with van der Waals surface area (Å²) >= 11 is 9.49. The number of aryl methyl sites for hydroxylation is 1. The molecule has 0 aliphatic heterocycles. The van der Waals surface area contributed by atoms with Crippen LogP contribution in [0.4, 0.5) is 0 Å². The summed E-state index contributed by atoms with van der Waals surface area (Å²) in [4.78, 5) is 0. The summed E-state index contributed by atoms with van der Waals surface area (Å²) in [5.41, 5.74) is 8.09. The van der Waals surface area contributed by atoms with E-state index in [0.29, 0.717) is 10.8 Å². The molecular formula is C13H15BrClN3O. The maximum Gasteiger partial charge on any atom is 0.161 e. The topological polar surface area (TPSA) is 53.1 Å². The van der Waals surface area contributed by atoms with E-state index in [1.54, 1.807) is 13.3 Å². The molecular weight excluding hydrogens is 330 g/mol. The molecule has 4 nitrogen and oxygen atoms in total. The lowest BCUT2D eigenvalue weighted by Crippen LogP contribution is -2.18. The molecule has 6 heteroatoms. The number of rotatable bonds is 4. The van der Waals surface area contributed by atoms with E-state index in [0.717, 1.165) is 22.3 Å². The van der Waals surface area contributed by atoms with Crippen molar-refractivity contribution in [2.45, 2.75) is 19.5 Å². The molecule has 1 heterocycles. The van der Waals surface area contributed by atoms with E-state index in [9.17, 15) is 0 Å². The first-order valence-electron chi connectivity index (χ1n) is 5.88. The zero-order chi connectivity index (χ0) is 14.0. The molecule has 0 spiro atoms. The normalized spacial score (nSPS) is 12.5. The Morgan fingerprint density at radius 3 is 2.79 bits per heavy atom. The molecule has 0 saturated carbocycles. The van der Waals surface area contributed by atoms with Crippen molar-refractivity contribution < 1.29 is 4.74 Å². The third kappa shape index (κ3) is 2.94. The summed E-state index contributed by atoms with van der Waals surface area (Å²) < 4.78 is 8.05. The van der Waals surface area contributed by atoms with Gasteiger partial charge in [-0.25, -0.2) is 0 Å². The van der Waals surface area contributed by atoms with E-state index in [-0.39, 0.29) is 6.04 Å². The Labute approximate surface area is 125 Å². The average molecular weight is 345 g/mol. The number of aromatic nitrogens is 2. The molecule has 19 heavy (non-hydrogen) atoms. The molecule has 2 N–H and O–H groups in total. The van der Waals surface area contributed by atoms with Gasteiger partial charge in [0.25, 0.3) is 0 Å². The summed E-state index contributed by atoms with van der Waals surface area (Å²) in [6, 6.07) is 5.28. The van der Waals surface area contributed by atoms with Crippen LogP contribution in [0.2, 0.25) is 5.02 Å². The highest BCUT2D eigenvalue weighted by Crippen LogP contribution is 2.31. The van der Waals surface area contributed by atoms with Gasteiger partial charge in [-0.05, 0) is 30.7 Å². The quantitative estimate of drug-likeness (QED) is 0.925. The van der Waals surface area contributed by atoms with Crippen molar-refractivity contribution in [1.29, 1.82) is 0 Å². The van der Waals surface area contributed by atoms with Crippen molar-refractivity contribution in [2.75, 3.05) is 7.11 Å². The van der Waals surface area contributed by atoms with Crippen LogP contribution >= 0.6 is 27.5 Å². The van der Waals surface area contributed by atoms with Crippen molar-refractivity contribution in [3.8, 4) is 5.75 Å². The molecule has 0 saturated heterocycles. The highest BCUT2D eigenvalue weighted by atomic mass is 79.9. The second-order valence-corrected chi connectivity index (χ2v) is 5.45. The summed E-state index contributed by atoms with van der Waals surface area (Å²) in [7, 11) is 1.61. The van der Waals surface area contributed by atoms with Crippen LogP contribution in [0.25, 0.3) is 0 Å². The second-order valence-electron chi connectivity index (χ2n) is 4.09. The number of nitrogens with two attached hydrogens (primary N) is 1. The van der Waals surface area contributed by atoms with Gasteiger partial charge < -0.3 is 10.5 Å². The first-order valence-corrected chi connectivity index (χ1v) is 7.05. The fourth-order valence-corrected chi connectivity index (χ4v) is 2.90. The summed E-state index contributed by atoms with van der Waals surface area (Å²) in [5.74, 6) is 0.686. The second kappa shape index (κ2) is 5.94. The number of methoxy groups -OCH3 is 1. The van der Waals surface area contributed by atoms with Gasteiger partial charge in [0.2, 0.25) is 0 Å². The van der Waals surface area contributed by atoms with Gasteiger partial charge in [-0.2, -0.15) is 5.10 Å². The highest BCUT2D eigenvalue weighted by Gasteiger charge is 2.20. The number of ether oxygens (including phenoxy) is 1. The monoisotopic (exact) mass is 343 g/mol. The van der Waals surface area contributed by atoms with Crippen molar-refractivity contribution >= 4 is 27.5 Å². The molecule has 1 aromatic heterocycles. The molecule has 1 unspecified atom stereocenters. The fraction of sp³-hybridized carbons (Fsp3) is 0.308. The minimum absolute atomic E-state index is 0.340. The first kappa shape index (κ1) is 14.4. The van der Waals surface area contributed by atoms with Crippen molar-refractivity contribution in [3.05, 3.63) is 45.1 Å². The summed E-state index contributed by atoms with van der Waals surface area (Å²) in [6.45, 7) is 2.74. The van der Waals surface area contributed by atoms with Crippen LogP contribution in [0, 0.1) is 0 Å². The smallest absolute Gasteiger partial charge is 0.161 e. The molecule has 0 fully saturated rings. The molecule has 1 aromatic carbocycles. The number of halogens is 2. The molecule has 0 amide bonds. The Morgan fingerprint density at radius 2 is 2.21 bits per heavy atom. The lowest BCUT2D eigenvalue weighted by Gasteiger charge is -2.16. The Morgan fingerprint density at radius 1 is 1.47 bits per heavy atom. The predicted octanol–water partition coefficient (Wildman–Crippen LogP) is 3.38. The highest BCUT2D eigenvalue weighted by molar-refractivity contribution is 9.10. The van der Waals surface area contributed by atoms with Gasteiger partial charge in [-0.1, -0.05) is 27.5 Å². The van der Waals surface area contributed by atoms with Crippen LogP contribution in [0.1, 0.15) is 24.2 Å². The average Bonchev–Trinajstić information content (AvgIpc) is 2.79. The van der Waals surface area contributed by atoms with Crippen LogP contribution in [-0.2, 0) is 6.54 Å². The minimum Gasteiger partial charge on any atom is -0.493 e. The molecule has 0 aliphatic carbocycles. The molecule has 1 atom stereocenters. The molecule has 102 valence electrons. The Bertz CT molecular complexity index is 544. The first-order chi connectivity index (χ1) is 9.06. The Kier molecular flexibility index (Phi) is 4.50. The fourth-order valence-electron chi connectivity index (χ4n) is 2.01. The summed E-state index contributed by atoms with van der Waals surface area (Å²) in [6.07, 6.45) is 1.68. The van der Waals surface area contributed by atoms with E-state index in [4.69, 9.17) is 22.1 Å². The lowest BCUT2D eigenvalue weighted by atomic mass is 10.0. The molecule has 2 aromatic rings. The zero-order valence-electron chi connectivity index (χ0n) is 10.7. The van der Waals surface area contributed by atoms with Gasteiger partial charge in [-0.15, -0.1) is 0 Å². The van der Waals surface area contributed by atoms with Gasteiger partial charge in [0.1, 0.15) is 5.69 Å². The van der Waals surface area contributed by atoms with Gasteiger partial charge in [0.15, 0.2) is 5.75 Å². The minimum atomic E-state index is -0.340. The van der Waals surface area contributed by atoms with Crippen LogP contribution in [-0.4, -0.2) is 16.9 Å². The molecule has 2 rings (SSSR count). The van der Waals surface area contributed by atoms with E-state index >= 15 is 0 Å². The van der Waals surface area contributed by atoms with Gasteiger partial charge in [0.05, 0.1) is 19.3 Å². The summed E-state index contributed by atoms with van der Waals surface area (Å²) in [5, 5.41) is 4.90. The number of benzene rings is 1. The Balaban J connectivity index is 2.48. The molecule has 0 radical (unpaired) electrons. The standard InChI is InChI=1S/C13H15BrClN3O/c1-3-18-13(11(19-2)7-17-18)12(16)8-4-9(14)6-10(15)5-8/h4-7,12H,3,16H2,1-2H3. The van der Waals surface area contributed by atoms with Crippen LogP contribution < -0.4 is 10.5 Å². The molecule has 0 bridgehead atoms. The van der Waals surface area contributed by atoms with E-state index in [2.05, 4.69) is 21.0 Å². The number of nitrogens with zero attached hydrogens (tertiary/aromatic N) is 2. The van der Waals surface area contributed by atoms with Crippen LogP contribution in [0.15, 0.2) is 28.9 Å². The third-order valence-corrected chi connectivity index (χ3v) is 3.58. The van der Waals surface area contributed by atoms with Crippen molar-refractivity contribution in [2.24, 2.45) is 5.73 Å². The van der Waals surface area contributed by atoms with E-state index < -0.39 is 0 Å². The third-order valence-electron chi connectivity index (χ3n) is 2.90. The van der Waals surface area contributed by atoms with Crippen LogP contribution in [0.5, 0.6) is 5.75 Å². The van der Waals surface area contributed by atoms with Gasteiger partial charge in [-0.3, -0.25) is 4.68 Å². The maximum atomic E-state index is 6.33. The van der Waals surface area contributed by atoms with Crippen molar-refractivity contribution in [3.63, 3.8) is 0 Å². The lowest BCUT2D eigenvalue weighted by molar-refractivity contribution is 0.404. The largest absolute Gasteiger partial charge is 0.493 e. The van der Waals surface area contributed by atoms with Gasteiger partial charge in [0, 0.05) is 16.0 Å².